The highest BCUT2D eigenvalue weighted by molar-refractivity contribution is 5.95. The molecule has 132 valence electrons. The molecule has 0 fully saturated rings. The lowest BCUT2D eigenvalue weighted by molar-refractivity contribution is 0.0927. The third-order valence-corrected chi connectivity index (χ3v) is 3.59. The lowest BCUT2D eigenvalue weighted by Crippen LogP contribution is -2.34. The van der Waals surface area contributed by atoms with Gasteiger partial charge in [-0.2, -0.15) is 0 Å². The van der Waals surface area contributed by atoms with Crippen molar-refractivity contribution in [3.05, 3.63) is 59.2 Å². The van der Waals surface area contributed by atoms with Crippen molar-refractivity contribution in [2.75, 3.05) is 27.3 Å². The van der Waals surface area contributed by atoms with Gasteiger partial charge in [0.05, 0.1) is 14.2 Å². The summed E-state index contributed by atoms with van der Waals surface area (Å²) in [6.07, 6.45) is 0. The van der Waals surface area contributed by atoms with Gasteiger partial charge in [-0.25, -0.2) is 0 Å². The van der Waals surface area contributed by atoms with Crippen LogP contribution in [-0.2, 0) is 0 Å². The fourth-order valence-electron chi connectivity index (χ4n) is 2.28. The Morgan fingerprint density at radius 2 is 1.40 bits per heavy atom. The minimum absolute atomic E-state index is 0.166. The summed E-state index contributed by atoms with van der Waals surface area (Å²) < 4.78 is 10.3. The summed E-state index contributed by atoms with van der Waals surface area (Å²) in [5, 5.41) is 5.53. The standard InChI is InChI=1S/C19H22N2O4/c1-13-5-4-6-14(9-13)18(22)20-7-8-21-19(23)15-10-16(24-2)12-17(11-15)25-3/h4-6,9-12H,7-8H2,1-3H3,(H,20,22)(H,21,23). The van der Waals surface area contributed by atoms with Gasteiger partial charge in [0, 0.05) is 30.3 Å². The minimum Gasteiger partial charge on any atom is -0.497 e. The third-order valence-electron chi connectivity index (χ3n) is 3.59. The van der Waals surface area contributed by atoms with E-state index in [0.717, 1.165) is 5.56 Å². The second kappa shape index (κ2) is 8.73. The summed E-state index contributed by atoms with van der Waals surface area (Å²) in [6.45, 7) is 2.58. The molecule has 0 atom stereocenters. The fourth-order valence-corrected chi connectivity index (χ4v) is 2.28. The number of aryl methyl sites for hydroxylation is 1. The van der Waals surface area contributed by atoms with Crippen LogP contribution in [0.2, 0.25) is 0 Å². The summed E-state index contributed by atoms with van der Waals surface area (Å²) in [7, 11) is 3.05. The molecule has 6 heteroatoms. The second-order valence-corrected chi connectivity index (χ2v) is 5.48. The molecule has 0 radical (unpaired) electrons. The van der Waals surface area contributed by atoms with E-state index >= 15 is 0 Å². The predicted octanol–water partition coefficient (Wildman–Crippen LogP) is 2.17. The van der Waals surface area contributed by atoms with E-state index in [-0.39, 0.29) is 11.8 Å². The monoisotopic (exact) mass is 342 g/mol. The van der Waals surface area contributed by atoms with Crippen molar-refractivity contribution in [3.63, 3.8) is 0 Å². The van der Waals surface area contributed by atoms with Gasteiger partial charge in [-0.05, 0) is 31.2 Å². The Morgan fingerprint density at radius 1 is 0.840 bits per heavy atom. The van der Waals surface area contributed by atoms with Crippen molar-refractivity contribution >= 4 is 11.8 Å². The van der Waals surface area contributed by atoms with Gasteiger partial charge in [-0.1, -0.05) is 17.7 Å². The molecule has 0 heterocycles. The zero-order valence-electron chi connectivity index (χ0n) is 14.6. The molecule has 0 aliphatic rings. The molecular formula is C19H22N2O4. The first kappa shape index (κ1) is 18.3. The molecule has 0 saturated heterocycles. The average molecular weight is 342 g/mol. The first-order valence-electron chi connectivity index (χ1n) is 7.89. The van der Waals surface area contributed by atoms with E-state index in [2.05, 4.69) is 10.6 Å². The topological polar surface area (TPSA) is 76.7 Å². The Bertz CT molecular complexity index is 737. The number of carbonyl (C=O) groups excluding carboxylic acids is 2. The molecular weight excluding hydrogens is 320 g/mol. The van der Waals surface area contributed by atoms with E-state index < -0.39 is 0 Å². The van der Waals surface area contributed by atoms with E-state index in [9.17, 15) is 9.59 Å². The van der Waals surface area contributed by atoms with Crippen molar-refractivity contribution in [2.45, 2.75) is 6.92 Å². The van der Waals surface area contributed by atoms with E-state index in [4.69, 9.17) is 9.47 Å². The second-order valence-electron chi connectivity index (χ2n) is 5.48. The smallest absolute Gasteiger partial charge is 0.251 e. The first-order chi connectivity index (χ1) is 12.0. The van der Waals surface area contributed by atoms with Gasteiger partial charge < -0.3 is 20.1 Å². The van der Waals surface area contributed by atoms with E-state index in [0.29, 0.717) is 35.7 Å². The molecule has 0 spiro atoms. The van der Waals surface area contributed by atoms with E-state index in [1.165, 1.54) is 14.2 Å². The number of amides is 2. The lowest BCUT2D eigenvalue weighted by atomic mass is 10.1. The quantitative estimate of drug-likeness (QED) is 0.756. The Morgan fingerprint density at radius 3 is 1.92 bits per heavy atom. The maximum atomic E-state index is 12.2. The number of rotatable bonds is 7. The summed E-state index contributed by atoms with van der Waals surface area (Å²) in [4.78, 5) is 24.2. The van der Waals surface area contributed by atoms with Crippen molar-refractivity contribution in [2.24, 2.45) is 0 Å². The molecule has 0 aliphatic carbocycles. The Hall–Kier alpha value is -3.02. The average Bonchev–Trinajstić information content (AvgIpc) is 2.64. The van der Waals surface area contributed by atoms with Crippen LogP contribution in [0.4, 0.5) is 0 Å². The molecule has 0 bridgehead atoms. The molecule has 0 aromatic heterocycles. The zero-order chi connectivity index (χ0) is 18.2. The van der Waals surface area contributed by atoms with Crippen LogP contribution in [-0.4, -0.2) is 39.1 Å². The van der Waals surface area contributed by atoms with Gasteiger partial charge in [0.15, 0.2) is 0 Å². The highest BCUT2D eigenvalue weighted by Crippen LogP contribution is 2.22. The van der Waals surface area contributed by atoms with E-state index in [1.54, 1.807) is 24.3 Å². The Kier molecular flexibility index (Phi) is 6.39. The number of nitrogens with one attached hydrogen (secondary N) is 2. The maximum absolute atomic E-state index is 12.2. The summed E-state index contributed by atoms with van der Waals surface area (Å²) >= 11 is 0. The van der Waals surface area contributed by atoms with Crippen molar-refractivity contribution < 1.29 is 19.1 Å². The molecule has 0 aliphatic heterocycles. The van der Waals surface area contributed by atoms with Gasteiger partial charge in [0.25, 0.3) is 11.8 Å². The molecule has 2 aromatic rings. The van der Waals surface area contributed by atoms with Gasteiger partial charge in [-0.15, -0.1) is 0 Å². The van der Waals surface area contributed by atoms with Crippen LogP contribution < -0.4 is 20.1 Å². The Balaban J connectivity index is 1.85. The van der Waals surface area contributed by atoms with Gasteiger partial charge in [0.1, 0.15) is 11.5 Å². The molecule has 2 N–H and O–H groups in total. The normalized spacial score (nSPS) is 10.0. The minimum atomic E-state index is -0.262. The summed E-state index contributed by atoms with van der Waals surface area (Å²) in [5.74, 6) is 0.650. The van der Waals surface area contributed by atoms with E-state index in [1.807, 2.05) is 25.1 Å². The number of methoxy groups -OCH3 is 2. The largest absolute Gasteiger partial charge is 0.497 e. The van der Waals surface area contributed by atoms with Crippen molar-refractivity contribution in [1.82, 2.24) is 10.6 Å². The SMILES string of the molecule is COc1cc(OC)cc(C(=O)NCCNC(=O)c2cccc(C)c2)c1. The summed E-state index contributed by atoms with van der Waals surface area (Å²) in [5.41, 5.74) is 2.05. The number of hydrogen-bond acceptors (Lipinski definition) is 4. The molecule has 2 rings (SSSR count). The number of hydrogen-bond donors (Lipinski definition) is 2. The number of carbonyl (C=O) groups is 2. The van der Waals surface area contributed by atoms with Crippen molar-refractivity contribution in [1.29, 1.82) is 0 Å². The third kappa shape index (κ3) is 5.24. The van der Waals surface area contributed by atoms with Crippen LogP contribution >= 0.6 is 0 Å². The first-order valence-corrected chi connectivity index (χ1v) is 7.89. The molecule has 25 heavy (non-hydrogen) atoms. The highest BCUT2D eigenvalue weighted by atomic mass is 16.5. The summed E-state index contributed by atoms with van der Waals surface area (Å²) in [6, 6.07) is 12.3. The Labute approximate surface area is 147 Å². The maximum Gasteiger partial charge on any atom is 0.251 e. The van der Waals surface area contributed by atoms with Crippen LogP contribution in [0.1, 0.15) is 26.3 Å². The lowest BCUT2D eigenvalue weighted by Gasteiger charge is -2.10. The van der Waals surface area contributed by atoms with Crippen LogP contribution in [0.25, 0.3) is 0 Å². The van der Waals surface area contributed by atoms with Crippen molar-refractivity contribution in [3.8, 4) is 11.5 Å². The van der Waals surface area contributed by atoms with Crippen LogP contribution in [0.3, 0.4) is 0 Å². The molecule has 0 saturated carbocycles. The van der Waals surface area contributed by atoms with Gasteiger partial charge in [0.2, 0.25) is 0 Å². The van der Waals surface area contributed by atoms with Gasteiger partial charge in [-0.3, -0.25) is 9.59 Å². The van der Waals surface area contributed by atoms with Crippen LogP contribution in [0.15, 0.2) is 42.5 Å². The van der Waals surface area contributed by atoms with Crippen LogP contribution in [0.5, 0.6) is 11.5 Å². The number of ether oxygens (including phenoxy) is 2. The molecule has 2 aromatic carbocycles. The predicted molar refractivity (Wildman–Crippen MR) is 95.4 cm³/mol. The molecule has 0 unspecified atom stereocenters. The fraction of sp³-hybridized carbons (Fsp3) is 0.263. The van der Waals surface area contributed by atoms with Crippen LogP contribution in [0, 0.1) is 6.92 Å². The number of benzene rings is 2. The molecule has 6 nitrogen and oxygen atoms in total. The highest BCUT2D eigenvalue weighted by Gasteiger charge is 2.10. The molecule has 2 amide bonds. The zero-order valence-corrected chi connectivity index (χ0v) is 14.6. The van der Waals surface area contributed by atoms with Gasteiger partial charge >= 0.3 is 0 Å².